The molecule has 2 atom stereocenters. The maximum atomic E-state index is 5.84. The first-order chi connectivity index (χ1) is 7.72. The SMILES string of the molecule is CC(CCl)C(C)Nc1ncnc2ccsc12. The highest BCUT2D eigenvalue weighted by Gasteiger charge is 2.13. The van der Waals surface area contributed by atoms with Crippen LogP contribution in [0.15, 0.2) is 17.8 Å². The first-order valence-electron chi connectivity index (χ1n) is 5.23. The van der Waals surface area contributed by atoms with Crippen molar-refractivity contribution in [3.63, 3.8) is 0 Å². The summed E-state index contributed by atoms with van der Waals surface area (Å²) < 4.78 is 1.11. The summed E-state index contributed by atoms with van der Waals surface area (Å²) in [6, 6.07) is 2.31. The minimum absolute atomic E-state index is 0.303. The van der Waals surface area contributed by atoms with E-state index < -0.39 is 0 Å². The number of anilines is 1. The van der Waals surface area contributed by atoms with Crippen LogP contribution in [0.5, 0.6) is 0 Å². The molecular formula is C11H14ClN3S. The number of halogens is 1. The molecule has 0 amide bonds. The van der Waals surface area contributed by atoms with Crippen molar-refractivity contribution in [3.8, 4) is 0 Å². The molecule has 2 heterocycles. The highest BCUT2D eigenvalue weighted by Crippen LogP contribution is 2.26. The summed E-state index contributed by atoms with van der Waals surface area (Å²) in [6.07, 6.45) is 1.59. The normalized spacial score (nSPS) is 14.9. The molecule has 5 heteroatoms. The maximum Gasteiger partial charge on any atom is 0.147 e. The molecule has 16 heavy (non-hydrogen) atoms. The lowest BCUT2D eigenvalue weighted by atomic mass is 10.1. The van der Waals surface area contributed by atoms with E-state index in [0.29, 0.717) is 17.8 Å². The van der Waals surface area contributed by atoms with Gasteiger partial charge >= 0.3 is 0 Å². The third-order valence-corrected chi connectivity index (χ3v) is 4.10. The standard InChI is InChI=1S/C11H14ClN3S/c1-7(5-12)8(2)15-11-10-9(3-4-16-10)13-6-14-11/h3-4,6-8H,5H2,1-2H3,(H,13,14,15). The van der Waals surface area contributed by atoms with Gasteiger partial charge in [0.25, 0.3) is 0 Å². The van der Waals surface area contributed by atoms with Crippen LogP contribution >= 0.6 is 22.9 Å². The fourth-order valence-corrected chi connectivity index (χ4v) is 2.45. The lowest BCUT2D eigenvalue weighted by Crippen LogP contribution is -2.25. The summed E-state index contributed by atoms with van der Waals surface area (Å²) in [5, 5.41) is 5.42. The Morgan fingerprint density at radius 3 is 3.00 bits per heavy atom. The molecule has 0 aliphatic rings. The second kappa shape index (κ2) is 4.97. The van der Waals surface area contributed by atoms with Gasteiger partial charge in [-0.3, -0.25) is 0 Å². The zero-order valence-corrected chi connectivity index (χ0v) is 10.8. The van der Waals surface area contributed by atoms with Crippen LogP contribution in [0.1, 0.15) is 13.8 Å². The zero-order chi connectivity index (χ0) is 11.5. The summed E-state index contributed by atoms with van der Waals surface area (Å²) in [6.45, 7) is 4.24. The molecule has 0 radical (unpaired) electrons. The Kier molecular flexibility index (Phi) is 3.61. The smallest absolute Gasteiger partial charge is 0.147 e. The molecule has 2 unspecified atom stereocenters. The van der Waals surface area contributed by atoms with Crippen LogP contribution in [0.3, 0.4) is 0 Å². The lowest BCUT2D eigenvalue weighted by Gasteiger charge is -2.19. The highest BCUT2D eigenvalue weighted by molar-refractivity contribution is 7.17. The minimum Gasteiger partial charge on any atom is -0.366 e. The van der Waals surface area contributed by atoms with E-state index >= 15 is 0 Å². The van der Waals surface area contributed by atoms with Crippen LogP contribution in [0.2, 0.25) is 0 Å². The van der Waals surface area contributed by atoms with E-state index in [4.69, 9.17) is 11.6 Å². The largest absolute Gasteiger partial charge is 0.366 e. The van der Waals surface area contributed by atoms with Crippen LogP contribution in [-0.4, -0.2) is 21.9 Å². The number of nitrogens with zero attached hydrogens (tertiary/aromatic N) is 2. The van der Waals surface area contributed by atoms with Gasteiger partial charge in [0.2, 0.25) is 0 Å². The van der Waals surface area contributed by atoms with E-state index in [9.17, 15) is 0 Å². The van der Waals surface area contributed by atoms with Gasteiger partial charge in [0, 0.05) is 11.9 Å². The molecule has 0 fully saturated rings. The third-order valence-electron chi connectivity index (χ3n) is 2.70. The molecule has 0 aliphatic carbocycles. The van der Waals surface area contributed by atoms with Crippen LogP contribution in [0.25, 0.3) is 10.2 Å². The quantitative estimate of drug-likeness (QED) is 0.852. The Morgan fingerprint density at radius 1 is 1.44 bits per heavy atom. The molecule has 2 rings (SSSR count). The van der Waals surface area contributed by atoms with Crippen LogP contribution in [-0.2, 0) is 0 Å². The molecule has 2 aromatic heterocycles. The first kappa shape index (κ1) is 11.6. The predicted molar refractivity (Wildman–Crippen MR) is 70.4 cm³/mol. The second-order valence-electron chi connectivity index (χ2n) is 3.92. The van der Waals surface area contributed by atoms with E-state index in [1.165, 1.54) is 0 Å². The molecule has 0 saturated carbocycles. The summed E-state index contributed by atoms with van der Waals surface area (Å²) in [5.41, 5.74) is 0.994. The highest BCUT2D eigenvalue weighted by atomic mass is 35.5. The Hall–Kier alpha value is -0.870. The van der Waals surface area contributed by atoms with Gasteiger partial charge in [0.05, 0.1) is 10.2 Å². The van der Waals surface area contributed by atoms with Gasteiger partial charge in [0.15, 0.2) is 0 Å². The first-order valence-corrected chi connectivity index (χ1v) is 6.64. The molecule has 0 bridgehead atoms. The molecule has 3 nitrogen and oxygen atoms in total. The lowest BCUT2D eigenvalue weighted by molar-refractivity contribution is 0.565. The summed E-state index contributed by atoms with van der Waals surface area (Å²) >= 11 is 7.49. The Balaban J connectivity index is 2.23. The number of alkyl halides is 1. The number of nitrogens with one attached hydrogen (secondary N) is 1. The summed E-state index contributed by atoms with van der Waals surface area (Å²) in [4.78, 5) is 8.49. The molecule has 0 aromatic carbocycles. The van der Waals surface area contributed by atoms with Crippen LogP contribution < -0.4 is 5.32 Å². The van der Waals surface area contributed by atoms with Crippen molar-refractivity contribution in [2.75, 3.05) is 11.2 Å². The molecule has 0 aliphatic heterocycles. The molecule has 2 aromatic rings. The maximum absolute atomic E-state index is 5.84. The fourth-order valence-electron chi connectivity index (χ4n) is 1.38. The number of aromatic nitrogens is 2. The van der Waals surface area contributed by atoms with Crippen molar-refractivity contribution in [2.24, 2.45) is 5.92 Å². The summed E-state index contributed by atoms with van der Waals surface area (Å²) in [7, 11) is 0. The van der Waals surface area contributed by atoms with Crippen molar-refractivity contribution in [3.05, 3.63) is 17.8 Å². The molecule has 0 saturated heterocycles. The van der Waals surface area contributed by atoms with E-state index in [0.717, 1.165) is 16.0 Å². The zero-order valence-electron chi connectivity index (χ0n) is 9.27. The van der Waals surface area contributed by atoms with Crippen molar-refractivity contribution < 1.29 is 0 Å². The molecule has 0 spiro atoms. The molecular weight excluding hydrogens is 242 g/mol. The topological polar surface area (TPSA) is 37.8 Å². The van der Waals surface area contributed by atoms with Gasteiger partial charge in [-0.1, -0.05) is 6.92 Å². The van der Waals surface area contributed by atoms with E-state index in [1.807, 2.05) is 11.4 Å². The predicted octanol–water partition coefficient (Wildman–Crippen LogP) is 3.37. The van der Waals surface area contributed by atoms with Gasteiger partial charge in [-0.15, -0.1) is 22.9 Å². The number of hydrogen-bond donors (Lipinski definition) is 1. The van der Waals surface area contributed by atoms with Crippen LogP contribution in [0.4, 0.5) is 5.82 Å². The fraction of sp³-hybridized carbons (Fsp3) is 0.455. The van der Waals surface area contributed by atoms with Crippen molar-refractivity contribution in [1.29, 1.82) is 0 Å². The van der Waals surface area contributed by atoms with Crippen molar-refractivity contribution in [1.82, 2.24) is 9.97 Å². The minimum atomic E-state index is 0.303. The van der Waals surface area contributed by atoms with E-state index in [2.05, 4.69) is 29.1 Å². The second-order valence-corrected chi connectivity index (χ2v) is 5.15. The van der Waals surface area contributed by atoms with Gasteiger partial charge in [-0.25, -0.2) is 9.97 Å². The van der Waals surface area contributed by atoms with Crippen LogP contribution in [0, 0.1) is 5.92 Å². The van der Waals surface area contributed by atoms with Gasteiger partial charge < -0.3 is 5.32 Å². The monoisotopic (exact) mass is 255 g/mol. The third kappa shape index (κ3) is 2.28. The Labute approximate surface area is 104 Å². The number of fused-ring (bicyclic) bond motifs is 1. The average Bonchev–Trinajstić information content (AvgIpc) is 2.77. The Morgan fingerprint density at radius 2 is 2.25 bits per heavy atom. The van der Waals surface area contributed by atoms with E-state index in [1.54, 1.807) is 17.7 Å². The van der Waals surface area contributed by atoms with Gasteiger partial charge in [0.1, 0.15) is 12.1 Å². The average molecular weight is 256 g/mol. The van der Waals surface area contributed by atoms with Gasteiger partial charge in [-0.05, 0) is 24.3 Å². The Bertz CT molecular complexity index is 471. The number of rotatable bonds is 4. The van der Waals surface area contributed by atoms with Crippen molar-refractivity contribution >= 4 is 39.0 Å². The summed E-state index contributed by atoms with van der Waals surface area (Å²) in [5.74, 6) is 1.96. The number of hydrogen-bond acceptors (Lipinski definition) is 4. The van der Waals surface area contributed by atoms with Gasteiger partial charge in [-0.2, -0.15) is 0 Å². The number of thiophene rings is 1. The van der Waals surface area contributed by atoms with Crippen molar-refractivity contribution in [2.45, 2.75) is 19.9 Å². The molecule has 1 N–H and O–H groups in total. The van der Waals surface area contributed by atoms with E-state index in [-0.39, 0.29) is 0 Å². The molecule has 86 valence electrons.